The molecule has 29 heavy (non-hydrogen) atoms. The number of fused-ring (bicyclic) bond motifs is 1. The van der Waals surface area contributed by atoms with Crippen LogP contribution in [0.25, 0.3) is 0 Å². The smallest absolute Gasteiger partial charge is 0.332 e. The summed E-state index contributed by atoms with van der Waals surface area (Å²) in [6.45, 7) is 13.2. The van der Waals surface area contributed by atoms with Crippen LogP contribution >= 0.6 is 7.60 Å². The van der Waals surface area contributed by atoms with Gasteiger partial charge in [0.15, 0.2) is 0 Å². The molecule has 1 aliphatic heterocycles. The topological polar surface area (TPSA) is 51.7 Å². The van der Waals surface area contributed by atoms with Crippen molar-refractivity contribution in [1.82, 2.24) is 4.98 Å². The Morgan fingerprint density at radius 3 is 2.28 bits per heavy atom. The van der Waals surface area contributed by atoms with E-state index in [0.29, 0.717) is 6.16 Å². The van der Waals surface area contributed by atoms with E-state index in [1.807, 2.05) is 46.8 Å². The Kier molecular flexibility index (Phi) is 6.52. The Bertz CT molecular complexity index is 871. The van der Waals surface area contributed by atoms with Crippen molar-refractivity contribution in [2.75, 3.05) is 17.6 Å². The Morgan fingerprint density at radius 1 is 1.07 bits per heavy atom. The molecule has 5 nitrogen and oxygen atoms in total. The Labute approximate surface area is 175 Å². The molecule has 0 radical (unpaired) electrons. The molecule has 0 saturated heterocycles. The number of nitrogens with zero attached hydrogens (tertiary/aromatic N) is 2. The normalized spacial score (nSPS) is 19.2. The minimum Gasteiger partial charge on any atom is -0.351 e. The van der Waals surface area contributed by atoms with Gasteiger partial charge in [-0.15, -0.1) is 0 Å². The number of hydrogen-bond donors (Lipinski definition) is 0. The SMILES string of the molecule is Cc1ccc2c(n1)N(Cc1ccccc1)CC2(C)CP(=O)(OC(C)C)OC(C)C. The second-order valence-electron chi connectivity index (χ2n) is 8.80. The predicted molar refractivity (Wildman–Crippen MR) is 119 cm³/mol. The highest BCUT2D eigenvalue weighted by atomic mass is 31.2. The zero-order valence-corrected chi connectivity index (χ0v) is 19.3. The first-order valence-corrected chi connectivity index (χ1v) is 12.1. The number of hydrogen-bond acceptors (Lipinski definition) is 5. The first-order valence-electron chi connectivity index (χ1n) is 10.3. The predicted octanol–water partition coefficient (Wildman–Crippen LogP) is 5.71. The van der Waals surface area contributed by atoms with Crippen LogP contribution < -0.4 is 4.90 Å². The number of aromatic nitrogens is 1. The fourth-order valence-corrected chi connectivity index (χ4v) is 6.68. The van der Waals surface area contributed by atoms with Crippen LogP contribution in [0.1, 0.15) is 51.4 Å². The van der Waals surface area contributed by atoms with E-state index in [9.17, 15) is 4.57 Å². The van der Waals surface area contributed by atoms with Gasteiger partial charge in [-0.1, -0.05) is 43.3 Å². The van der Waals surface area contributed by atoms with E-state index in [2.05, 4.69) is 42.2 Å². The molecule has 0 spiro atoms. The molecule has 1 unspecified atom stereocenters. The van der Waals surface area contributed by atoms with E-state index >= 15 is 0 Å². The van der Waals surface area contributed by atoms with E-state index in [0.717, 1.165) is 30.2 Å². The molecule has 158 valence electrons. The van der Waals surface area contributed by atoms with Gasteiger partial charge in [0, 0.05) is 29.8 Å². The molecule has 0 aliphatic carbocycles. The minimum absolute atomic E-state index is 0.166. The van der Waals surface area contributed by atoms with Crippen molar-refractivity contribution >= 4 is 13.4 Å². The molecule has 1 aromatic heterocycles. The molecule has 3 rings (SSSR count). The third kappa shape index (κ3) is 5.28. The minimum atomic E-state index is -3.28. The average Bonchev–Trinajstić information content (AvgIpc) is 2.84. The molecule has 0 saturated carbocycles. The van der Waals surface area contributed by atoms with Gasteiger partial charge >= 0.3 is 7.60 Å². The first-order chi connectivity index (χ1) is 13.6. The molecule has 1 aliphatic rings. The molecule has 0 bridgehead atoms. The van der Waals surface area contributed by atoms with Crippen molar-refractivity contribution in [3.05, 3.63) is 59.3 Å². The molecule has 0 amide bonds. The van der Waals surface area contributed by atoms with Crippen LogP contribution in [-0.4, -0.2) is 29.9 Å². The van der Waals surface area contributed by atoms with E-state index in [1.54, 1.807) is 0 Å². The van der Waals surface area contributed by atoms with E-state index in [1.165, 1.54) is 5.56 Å². The third-order valence-electron chi connectivity index (χ3n) is 5.01. The van der Waals surface area contributed by atoms with E-state index in [4.69, 9.17) is 14.0 Å². The summed E-state index contributed by atoms with van der Waals surface area (Å²) >= 11 is 0. The molecule has 2 heterocycles. The summed E-state index contributed by atoms with van der Waals surface area (Å²) in [6.07, 6.45) is 0.000546. The first kappa shape index (κ1) is 22.0. The lowest BCUT2D eigenvalue weighted by Crippen LogP contribution is -2.35. The summed E-state index contributed by atoms with van der Waals surface area (Å²) in [6, 6.07) is 14.5. The van der Waals surface area contributed by atoms with Crippen LogP contribution in [0.2, 0.25) is 0 Å². The monoisotopic (exact) mass is 416 g/mol. The number of anilines is 1. The molecule has 1 atom stereocenters. The number of pyridine rings is 1. The number of benzene rings is 1. The van der Waals surface area contributed by atoms with Gasteiger partial charge < -0.3 is 13.9 Å². The number of aryl methyl sites for hydroxylation is 1. The largest absolute Gasteiger partial charge is 0.351 e. The van der Waals surface area contributed by atoms with E-state index < -0.39 is 7.60 Å². The standard InChI is InChI=1S/C23H33N2O3P/c1-17(2)27-29(26,28-18(3)4)16-23(6)15-25(14-20-10-8-7-9-11-20)22-21(23)13-12-19(5)24-22/h7-13,17-18H,14-16H2,1-6H3. The summed E-state index contributed by atoms with van der Waals surface area (Å²) in [4.78, 5) is 7.12. The lowest BCUT2D eigenvalue weighted by atomic mass is 9.87. The highest BCUT2D eigenvalue weighted by Gasteiger charge is 2.46. The van der Waals surface area contributed by atoms with Crippen LogP contribution in [-0.2, 0) is 25.6 Å². The zero-order valence-electron chi connectivity index (χ0n) is 18.4. The molecule has 6 heteroatoms. The van der Waals surface area contributed by atoms with Crippen molar-refractivity contribution < 1.29 is 13.6 Å². The lowest BCUT2D eigenvalue weighted by Gasteiger charge is -2.31. The van der Waals surface area contributed by atoms with Crippen molar-refractivity contribution in [3.63, 3.8) is 0 Å². The van der Waals surface area contributed by atoms with Gasteiger partial charge in [0.05, 0.1) is 18.4 Å². The van der Waals surface area contributed by atoms with Crippen LogP contribution in [0.3, 0.4) is 0 Å². The summed E-state index contributed by atoms with van der Waals surface area (Å²) in [5.41, 5.74) is 2.94. The van der Waals surface area contributed by atoms with Crippen molar-refractivity contribution in [1.29, 1.82) is 0 Å². The zero-order chi connectivity index (χ0) is 21.2. The fourth-order valence-electron chi connectivity index (χ4n) is 4.08. The summed E-state index contributed by atoms with van der Waals surface area (Å²) in [5, 5.41) is 0. The fraction of sp³-hybridized carbons (Fsp3) is 0.522. The Balaban J connectivity index is 1.95. The van der Waals surface area contributed by atoms with Gasteiger partial charge in [0.25, 0.3) is 0 Å². The Hall–Kier alpha value is -1.68. The maximum absolute atomic E-state index is 13.7. The van der Waals surface area contributed by atoms with E-state index in [-0.39, 0.29) is 17.6 Å². The molecule has 0 N–H and O–H groups in total. The second-order valence-corrected chi connectivity index (χ2v) is 10.8. The van der Waals surface area contributed by atoms with Crippen LogP contribution in [0.5, 0.6) is 0 Å². The van der Waals surface area contributed by atoms with Crippen LogP contribution in [0.4, 0.5) is 5.82 Å². The maximum atomic E-state index is 13.7. The molecule has 1 aromatic carbocycles. The van der Waals surface area contributed by atoms with Crippen LogP contribution in [0.15, 0.2) is 42.5 Å². The maximum Gasteiger partial charge on any atom is 0.332 e. The lowest BCUT2D eigenvalue weighted by molar-refractivity contribution is 0.139. The highest BCUT2D eigenvalue weighted by molar-refractivity contribution is 7.54. The summed E-state index contributed by atoms with van der Waals surface area (Å²) in [5.74, 6) is 0.969. The highest BCUT2D eigenvalue weighted by Crippen LogP contribution is 2.57. The van der Waals surface area contributed by atoms with Crippen molar-refractivity contribution in [2.24, 2.45) is 0 Å². The van der Waals surface area contributed by atoms with Gasteiger partial charge in [0.2, 0.25) is 0 Å². The summed E-state index contributed by atoms with van der Waals surface area (Å²) < 4.78 is 25.4. The average molecular weight is 417 g/mol. The van der Waals surface area contributed by atoms with Crippen LogP contribution in [0, 0.1) is 6.92 Å². The van der Waals surface area contributed by atoms with Gasteiger partial charge in [-0.05, 0) is 46.2 Å². The van der Waals surface area contributed by atoms with Crippen molar-refractivity contribution in [3.8, 4) is 0 Å². The molecular formula is C23H33N2O3P. The quantitative estimate of drug-likeness (QED) is 0.516. The van der Waals surface area contributed by atoms with Gasteiger partial charge in [-0.25, -0.2) is 4.98 Å². The van der Waals surface area contributed by atoms with Gasteiger partial charge in [-0.3, -0.25) is 4.57 Å². The Morgan fingerprint density at radius 2 is 1.69 bits per heavy atom. The van der Waals surface area contributed by atoms with Gasteiger partial charge in [0.1, 0.15) is 5.82 Å². The second kappa shape index (κ2) is 8.59. The molecular weight excluding hydrogens is 383 g/mol. The van der Waals surface area contributed by atoms with Gasteiger partial charge in [-0.2, -0.15) is 0 Å². The third-order valence-corrected chi connectivity index (χ3v) is 7.58. The molecule has 2 aromatic rings. The summed E-state index contributed by atoms with van der Waals surface area (Å²) in [7, 11) is -3.28. The number of rotatable bonds is 8. The molecule has 0 fully saturated rings. The van der Waals surface area contributed by atoms with Crippen molar-refractivity contribution in [2.45, 2.75) is 65.7 Å².